The predicted octanol–water partition coefficient (Wildman–Crippen LogP) is 8.51. The molecule has 1 saturated carbocycles. The Kier molecular flexibility index (Phi) is 7.99. The van der Waals surface area contributed by atoms with Gasteiger partial charge in [0, 0.05) is 28.2 Å². The molecule has 0 saturated heterocycles. The van der Waals surface area contributed by atoms with Crippen molar-refractivity contribution in [2.24, 2.45) is 11.8 Å². The Hall–Kier alpha value is -3.05. The number of nitrogens with one attached hydrogen (secondary N) is 1. The van der Waals surface area contributed by atoms with Crippen LogP contribution in [0.2, 0.25) is 5.02 Å². The highest BCUT2D eigenvalue weighted by Gasteiger charge is 2.54. The predicted molar refractivity (Wildman–Crippen MR) is 169 cm³/mol. The molecule has 3 atom stereocenters. The highest BCUT2D eigenvalue weighted by molar-refractivity contribution is 6.30. The molecule has 1 spiro atoms. The molecule has 0 aliphatic heterocycles. The third-order valence-corrected chi connectivity index (χ3v) is 10.7. The lowest BCUT2D eigenvalue weighted by atomic mass is 9.59. The summed E-state index contributed by atoms with van der Waals surface area (Å²) >= 11 is 6.23. The van der Waals surface area contributed by atoms with Crippen LogP contribution in [0.4, 0.5) is 5.69 Å². The molecule has 3 aliphatic rings. The van der Waals surface area contributed by atoms with Crippen molar-refractivity contribution in [2.45, 2.75) is 95.4 Å². The quantitative estimate of drug-likeness (QED) is 0.277. The lowest BCUT2D eigenvalue weighted by Crippen LogP contribution is -2.53. The van der Waals surface area contributed by atoms with Gasteiger partial charge in [-0.15, -0.1) is 0 Å². The Morgan fingerprint density at radius 1 is 1.17 bits per heavy atom. The number of aryl methyl sites for hydroxylation is 2. The summed E-state index contributed by atoms with van der Waals surface area (Å²) < 4.78 is 6.52. The SMILES string of the molecule is Cc1ccc2c(c1)C[C@H](C[C@@H](C)COc1ccnc3c1[C@H](C)CCC3)C21CCC(Nc2cccc(Cl)c2)(C(=O)O)CC1. The second kappa shape index (κ2) is 11.6. The van der Waals surface area contributed by atoms with Gasteiger partial charge in [0.2, 0.25) is 0 Å². The largest absolute Gasteiger partial charge is 0.493 e. The standard InChI is InChI=1S/C36H43ClN2O3/c1-23-10-11-30-26(18-23)20-27(19-24(2)22-42-32-12-17-38-31-9-4-6-25(3)33(31)32)35(30)13-15-36(16-14-35,34(40)41)39-29-8-5-7-28(37)21-29/h5,7-8,10-12,17-18,21,24-25,27,39H,4,6,9,13-16,19-20,22H2,1-3H3,(H,40,41)/t24-,25-,27+,35?,36?/m1/s1. The number of pyridine rings is 1. The molecule has 5 nitrogen and oxygen atoms in total. The molecule has 42 heavy (non-hydrogen) atoms. The van der Waals surface area contributed by atoms with Crippen LogP contribution in [0.5, 0.6) is 5.75 Å². The van der Waals surface area contributed by atoms with E-state index >= 15 is 0 Å². The number of carboxylic acids is 1. The Bertz CT molecular complexity index is 1460. The third-order valence-electron chi connectivity index (χ3n) is 10.4. The van der Waals surface area contributed by atoms with Crippen molar-refractivity contribution in [1.82, 2.24) is 4.98 Å². The van der Waals surface area contributed by atoms with E-state index in [9.17, 15) is 9.90 Å². The summed E-state index contributed by atoms with van der Waals surface area (Å²) in [6, 6.07) is 16.3. The number of aliphatic carboxylic acids is 1. The fourth-order valence-electron chi connectivity index (χ4n) is 8.26. The van der Waals surface area contributed by atoms with Gasteiger partial charge in [0.15, 0.2) is 0 Å². The Balaban J connectivity index is 1.21. The number of anilines is 1. The van der Waals surface area contributed by atoms with E-state index in [0.717, 1.165) is 43.5 Å². The Morgan fingerprint density at radius 2 is 1.98 bits per heavy atom. The van der Waals surface area contributed by atoms with Gasteiger partial charge in [-0.1, -0.05) is 55.3 Å². The fourth-order valence-corrected chi connectivity index (χ4v) is 8.45. The second-order valence-electron chi connectivity index (χ2n) is 13.4. The first-order valence-electron chi connectivity index (χ1n) is 15.7. The summed E-state index contributed by atoms with van der Waals surface area (Å²) in [5.41, 5.74) is 6.42. The molecule has 0 radical (unpaired) electrons. The molecule has 6 rings (SSSR count). The molecule has 0 unspecified atom stereocenters. The molecule has 3 aromatic rings. The highest BCUT2D eigenvalue weighted by Crippen LogP contribution is 2.56. The number of hydrogen-bond donors (Lipinski definition) is 2. The lowest BCUT2D eigenvalue weighted by molar-refractivity contribution is -0.144. The molecule has 0 amide bonds. The van der Waals surface area contributed by atoms with Gasteiger partial charge in [-0.05, 0) is 123 Å². The summed E-state index contributed by atoms with van der Waals surface area (Å²) in [7, 11) is 0. The normalized spacial score (nSPS) is 27.2. The van der Waals surface area contributed by atoms with E-state index in [1.165, 1.54) is 40.8 Å². The van der Waals surface area contributed by atoms with Gasteiger partial charge in [-0.2, -0.15) is 0 Å². The maximum atomic E-state index is 12.7. The molecule has 0 bridgehead atoms. The zero-order valence-electron chi connectivity index (χ0n) is 25.1. The first-order chi connectivity index (χ1) is 20.2. The number of nitrogens with zero attached hydrogens (tertiary/aromatic N) is 1. The van der Waals surface area contributed by atoms with Gasteiger partial charge in [-0.25, -0.2) is 4.79 Å². The van der Waals surface area contributed by atoms with Crippen LogP contribution in [0.15, 0.2) is 54.7 Å². The number of carboxylic acid groups (broad SMARTS) is 1. The van der Waals surface area contributed by atoms with E-state index in [2.05, 4.69) is 49.3 Å². The number of carbonyl (C=O) groups is 1. The van der Waals surface area contributed by atoms with Gasteiger partial charge in [0.05, 0.1) is 6.61 Å². The van der Waals surface area contributed by atoms with Crippen LogP contribution in [0.3, 0.4) is 0 Å². The molecule has 222 valence electrons. The van der Waals surface area contributed by atoms with Crippen molar-refractivity contribution in [2.75, 3.05) is 11.9 Å². The minimum absolute atomic E-state index is 0.0173. The molecule has 2 aromatic carbocycles. The Labute approximate surface area is 255 Å². The van der Waals surface area contributed by atoms with E-state index in [1.54, 1.807) is 0 Å². The minimum Gasteiger partial charge on any atom is -0.493 e. The van der Waals surface area contributed by atoms with Crippen molar-refractivity contribution in [3.8, 4) is 5.75 Å². The number of halogens is 1. The topological polar surface area (TPSA) is 71.5 Å². The van der Waals surface area contributed by atoms with Crippen molar-refractivity contribution < 1.29 is 14.6 Å². The molecular formula is C36H43ClN2O3. The van der Waals surface area contributed by atoms with Crippen LogP contribution >= 0.6 is 11.6 Å². The molecule has 2 N–H and O–H groups in total. The van der Waals surface area contributed by atoms with E-state index in [0.29, 0.717) is 42.2 Å². The number of aromatic nitrogens is 1. The second-order valence-corrected chi connectivity index (χ2v) is 13.8. The molecule has 1 aromatic heterocycles. The molecule has 3 aliphatic carbocycles. The number of hydrogen-bond acceptors (Lipinski definition) is 4. The lowest BCUT2D eigenvalue weighted by Gasteiger charge is -2.47. The van der Waals surface area contributed by atoms with Gasteiger partial charge in [-0.3, -0.25) is 4.98 Å². The maximum absolute atomic E-state index is 12.7. The van der Waals surface area contributed by atoms with Crippen molar-refractivity contribution in [3.05, 3.63) is 87.7 Å². The highest BCUT2D eigenvalue weighted by atomic mass is 35.5. The van der Waals surface area contributed by atoms with Crippen LogP contribution in [0.1, 0.15) is 92.7 Å². The van der Waals surface area contributed by atoms with Crippen LogP contribution < -0.4 is 10.1 Å². The van der Waals surface area contributed by atoms with Crippen LogP contribution in [-0.4, -0.2) is 28.2 Å². The van der Waals surface area contributed by atoms with E-state index < -0.39 is 11.5 Å². The summed E-state index contributed by atoms with van der Waals surface area (Å²) in [6.07, 6.45) is 10.3. The van der Waals surface area contributed by atoms with Gasteiger partial charge >= 0.3 is 5.97 Å². The minimum atomic E-state index is -1.00. The molecule has 1 fully saturated rings. The smallest absolute Gasteiger partial charge is 0.329 e. The van der Waals surface area contributed by atoms with Crippen molar-refractivity contribution in [3.63, 3.8) is 0 Å². The summed E-state index contributed by atoms with van der Waals surface area (Å²) in [4.78, 5) is 17.4. The first-order valence-corrected chi connectivity index (χ1v) is 16.0. The van der Waals surface area contributed by atoms with Gasteiger partial charge in [0.1, 0.15) is 11.3 Å². The first kappa shape index (κ1) is 29.0. The van der Waals surface area contributed by atoms with Crippen molar-refractivity contribution >= 4 is 23.3 Å². The van der Waals surface area contributed by atoms with Gasteiger partial charge < -0.3 is 15.2 Å². The van der Waals surface area contributed by atoms with Crippen LogP contribution in [0.25, 0.3) is 0 Å². The summed E-state index contributed by atoms with van der Waals surface area (Å²) in [5, 5.41) is 14.4. The average molecular weight is 587 g/mol. The number of benzene rings is 2. The maximum Gasteiger partial charge on any atom is 0.329 e. The molecule has 1 heterocycles. The summed E-state index contributed by atoms with van der Waals surface area (Å²) in [5.74, 6) is 1.54. The number of rotatable bonds is 8. The zero-order valence-corrected chi connectivity index (χ0v) is 25.8. The monoisotopic (exact) mass is 586 g/mol. The molecule has 6 heteroatoms. The Morgan fingerprint density at radius 3 is 2.74 bits per heavy atom. The zero-order chi connectivity index (χ0) is 29.5. The van der Waals surface area contributed by atoms with E-state index in [4.69, 9.17) is 16.3 Å². The third kappa shape index (κ3) is 5.41. The van der Waals surface area contributed by atoms with Crippen LogP contribution in [0, 0.1) is 18.8 Å². The van der Waals surface area contributed by atoms with Crippen LogP contribution in [-0.2, 0) is 23.1 Å². The fraction of sp³-hybridized carbons (Fsp3) is 0.500. The molecular weight excluding hydrogens is 544 g/mol. The average Bonchev–Trinajstić information content (AvgIpc) is 3.24. The summed E-state index contributed by atoms with van der Waals surface area (Å²) in [6.45, 7) is 7.45. The van der Waals surface area contributed by atoms with E-state index in [-0.39, 0.29) is 5.41 Å². The van der Waals surface area contributed by atoms with Crippen molar-refractivity contribution in [1.29, 1.82) is 0 Å². The van der Waals surface area contributed by atoms with Gasteiger partial charge in [0.25, 0.3) is 0 Å². The number of fused-ring (bicyclic) bond motifs is 3. The van der Waals surface area contributed by atoms with E-state index in [1.807, 2.05) is 36.5 Å². The number of ether oxygens (including phenoxy) is 1.